The smallest absolute Gasteiger partial charge is 0.329 e. The predicted octanol–water partition coefficient (Wildman–Crippen LogP) is -1.60. The van der Waals surface area contributed by atoms with E-state index in [1.165, 1.54) is 14.0 Å². The molecule has 1 aliphatic rings. The van der Waals surface area contributed by atoms with Gasteiger partial charge in [-0.25, -0.2) is 4.79 Å². The van der Waals surface area contributed by atoms with Crippen molar-refractivity contribution in [3.05, 3.63) is 0 Å². The molecular weight excluding hydrogens is 266 g/mol. The van der Waals surface area contributed by atoms with Gasteiger partial charge in [-0.3, -0.25) is 24.6 Å². The highest BCUT2D eigenvalue weighted by Crippen LogP contribution is 2.10. The van der Waals surface area contributed by atoms with Gasteiger partial charge in [0.1, 0.15) is 6.04 Å². The maximum atomic E-state index is 11.7. The Morgan fingerprint density at radius 3 is 2.65 bits per heavy atom. The summed E-state index contributed by atoms with van der Waals surface area (Å²) in [6.45, 7) is 3.13. The number of imide groups is 1. The summed E-state index contributed by atoms with van der Waals surface area (Å²) >= 11 is 0. The quantitative estimate of drug-likeness (QED) is 0.466. The number of nitrogens with zero attached hydrogens (tertiary/aromatic N) is 1. The highest BCUT2D eigenvalue weighted by Gasteiger charge is 2.35. The number of rotatable bonds is 5. The molecule has 20 heavy (non-hydrogen) atoms. The highest BCUT2D eigenvalue weighted by molar-refractivity contribution is 6.01. The number of nitrogens with one attached hydrogen (secondary N) is 2. The van der Waals surface area contributed by atoms with Gasteiger partial charge in [0, 0.05) is 13.5 Å². The van der Waals surface area contributed by atoms with Crippen LogP contribution in [0, 0.1) is 0 Å². The first-order chi connectivity index (χ1) is 9.38. The molecule has 0 aliphatic carbocycles. The highest BCUT2D eigenvalue weighted by atomic mass is 16.5. The molecule has 1 heterocycles. The van der Waals surface area contributed by atoms with Crippen LogP contribution in [0.1, 0.15) is 20.3 Å². The molecule has 0 spiro atoms. The molecule has 1 aliphatic heterocycles. The van der Waals surface area contributed by atoms with E-state index in [2.05, 4.69) is 15.4 Å². The molecule has 2 N–H and O–H groups in total. The third-order valence-corrected chi connectivity index (χ3v) is 3.02. The number of ether oxygens (including phenoxy) is 1. The molecule has 8 heteroatoms. The maximum absolute atomic E-state index is 11.7. The van der Waals surface area contributed by atoms with E-state index in [9.17, 15) is 19.2 Å². The molecule has 0 bridgehead atoms. The Hall–Kier alpha value is -1.96. The Morgan fingerprint density at radius 2 is 2.15 bits per heavy atom. The predicted molar refractivity (Wildman–Crippen MR) is 68.4 cm³/mol. The van der Waals surface area contributed by atoms with E-state index in [0.717, 1.165) is 0 Å². The molecule has 2 unspecified atom stereocenters. The van der Waals surface area contributed by atoms with Gasteiger partial charge >= 0.3 is 5.97 Å². The SMILES string of the molecule is CCC1C(=O)NC(=O)CN1CC(NC(C)=O)C(=O)OC. The molecule has 1 saturated heterocycles. The van der Waals surface area contributed by atoms with Gasteiger partial charge in [-0.15, -0.1) is 0 Å². The number of carbonyl (C=O) groups excluding carboxylic acids is 4. The lowest BCUT2D eigenvalue weighted by Gasteiger charge is -2.35. The second-order valence-electron chi connectivity index (χ2n) is 4.54. The lowest BCUT2D eigenvalue weighted by Crippen LogP contribution is -2.61. The van der Waals surface area contributed by atoms with E-state index in [1.807, 2.05) is 0 Å². The topological polar surface area (TPSA) is 105 Å². The zero-order chi connectivity index (χ0) is 15.3. The van der Waals surface area contributed by atoms with Crippen molar-refractivity contribution in [2.75, 3.05) is 20.2 Å². The molecule has 3 amide bonds. The first-order valence-corrected chi connectivity index (χ1v) is 6.31. The summed E-state index contributed by atoms with van der Waals surface area (Å²) in [5.74, 6) is -1.82. The van der Waals surface area contributed by atoms with Crippen LogP contribution in [0.2, 0.25) is 0 Å². The van der Waals surface area contributed by atoms with Crippen LogP contribution in [0.4, 0.5) is 0 Å². The summed E-state index contributed by atoms with van der Waals surface area (Å²) in [5.41, 5.74) is 0. The first-order valence-electron chi connectivity index (χ1n) is 6.31. The third kappa shape index (κ3) is 4.02. The summed E-state index contributed by atoms with van der Waals surface area (Å²) in [6.07, 6.45) is 0.493. The summed E-state index contributed by atoms with van der Waals surface area (Å²) in [4.78, 5) is 47.4. The maximum Gasteiger partial charge on any atom is 0.329 e. The molecular formula is C12H19N3O5. The molecule has 1 rings (SSSR count). The van der Waals surface area contributed by atoms with Gasteiger partial charge in [-0.05, 0) is 6.42 Å². The number of hydrogen-bond donors (Lipinski definition) is 2. The van der Waals surface area contributed by atoms with E-state index < -0.39 is 29.9 Å². The number of methoxy groups -OCH3 is 1. The average Bonchev–Trinajstić information content (AvgIpc) is 2.36. The van der Waals surface area contributed by atoms with Crippen molar-refractivity contribution in [2.45, 2.75) is 32.4 Å². The van der Waals surface area contributed by atoms with Crippen molar-refractivity contribution in [3.8, 4) is 0 Å². The van der Waals surface area contributed by atoms with Crippen molar-refractivity contribution < 1.29 is 23.9 Å². The van der Waals surface area contributed by atoms with Gasteiger partial charge in [-0.1, -0.05) is 6.92 Å². The lowest BCUT2D eigenvalue weighted by atomic mass is 10.1. The molecule has 112 valence electrons. The molecule has 0 aromatic carbocycles. The third-order valence-electron chi connectivity index (χ3n) is 3.02. The van der Waals surface area contributed by atoms with Crippen molar-refractivity contribution in [2.24, 2.45) is 0 Å². The number of piperazine rings is 1. The van der Waals surface area contributed by atoms with Crippen LogP contribution in [-0.2, 0) is 23.9 Å². The van der Waals surface area contributed by atoms with Gasteiger partial charge in [0.15, 0.2) is 0 Å². The van der Waals surface area contributed by atoms with Crippen LogP contribution in [-0.4, -0.2) is 60.9 Å². The van der Waals surface area contributed by atoms with Crippen LogP contribution in [0.5, 0.6) is 0 Å². The zero-order valence-corrected chi connectivity index (χ0v) is 11.8. The molecule has 0 saturated carbocycles. The average molecular weight is 285 g/mol. The van der Waals surface area contributed by atoms with Crippen LogP contribution in [0.15, 0.2) is 0 Å². The van der Waals surface area contributed by atoms with E-state index in [4.69, 9.17) is 0 Å². The van der Waals surface area contributed by atoms with E-state index in [0.29, 0.717) is 6.42 Å². The zero-order valence-electron chi connectivity index (χ0n) is 11.8. The fourth-order valence-corrected chi connectivity index (χ4v) is 2.16. The van der Waals surface area contributed by atoms with Gasteiger partial charge in [0.2, 0.25) is 17.7 Å². The molecule has 0 aromatic rings. The minimum absolute atomic E-state index is 0.00265. The number of carbonyl (C=O) groups is 4. The first kappa shape index (κ1) is 16.1. The molecule has 0 radical (unpaired) electrons. The van der Waals surface area contributed by atoms with Crippen molar-refractivity contribution in [1.82, 2.24) is 15.5 Å². The Labute approximate surface area is 116 Å². The van der Waals surface area contributed by atoms with Crippen LogP contribution in [0.25, 0.3) is 0 Å². The van der Waals surface area contributed by atoms with Gasteiger partial charge in [0.25, 0.3) is 0 Å². The minimum Gasteiger partial charge on any atom is -0.467 e. The molecule has 1 fully saturated rings. The second kappa shape index (κ2) is 6.99. The van der Waals surface area contributed by atoms with Crippen LogP contribution < -0.4 is 10.6 Å². The number of esters is 1. The van der Waals surface area contributed by atoms with E-state index in [1.54, 1.807) is 11.8 Å². The van der Waals surface area contributed by atoms with Gasteiger partial charge in [-0.2, -0.15) is 0 Å². The minimum atomic E-state index is -0.912. The Kier molecular flexibility index (Phi) is 5.63. The number of amides is 3. The van der Waals surface area contributed by atoms with E-state index >= 15 is 0 Å². The monoisotopic (exact) mass is 285 g/mol. The summed E-state index contributed by atoms with van der Waals surface area (Å²) in [5, 5.41) is 4.70. The standard InChI is InChI=1S/C12H19N3O5/c1-4-9-11(18)14-10(17)6-15(9)5-8(12(19)20-3)13-7(2)16/h8-9H,4-6H2,1-3H3,(H,13,16)(H,14,17,18). The Balaban J connectivity index is 2.83. The fraction of sp³-hybridized carbons (Fsp3) is 0.667. The largest absolute Gasteiger partial charge is 0.467 e. The van der Waals surface area contributed by atoms with Gasteiger partial charge in [0.05, 0.1) is 19.7 Å². The molecule has 2 atom stereocenters. The summed E-state index contributed by atoms with van der Waals surface area (Å²) < 4.78 is 4.61. The van der Waals surface area contributed by atoms with Crippen LogP contribution >= 0.6 is 0 Å². The number of hydrogen-bond acceptors (Lipinski definition) is 6. The lowest BCUT2D eigenvalue weighted by molar-refractivity contribution is -0.148. The van der Waals surface area contributed by atoms with Crippen molar-refractivity contribution in [1.29, 1.82) is 0 Å². The summed E-state index contributed by atoms with van der Waals surface area (Å²) in [6, 6.07) is -1.42. The van der Waals surface area contributed by atoms with Crippen LogP contribution in [0.3, 0.4) is 0 Å². The normalized spacial score (nSPS) is 21.1. The molecule has 0 aromatic heterocycles. The van der Waals surface area contributed by atoms with Gasteiger partial charge < -0.3 is 10.1 Å². The van der Waals surface area contributed by atoms with Crippen molar-refractivity contribution in [3.63, 3.8) is 0 Å². The second-order valence-corrected chi connectivity index (χ2v) is 4.54. The molecule has 8 nitrogen and oxygen atoms in total. The fourth-order valence-electron chi connectivity index (χ4n) is 2.16. The Morgan fingerprint density at radius 1 is 1.50 bits per heavy atom. The van der Waals surface area contributed by atoms with Crippen molar-refractivity contribution >= 4 is 23.7 Å². The Bertz CT molecular complexity index is 423. The summed E-state index contributed by atoms with van der Waals surface area (Å²) in [7, 11) is 1.21. The van der Waals surface area contributed by atoms with E-state index in [-0.39, 0.29) is 19.0 Å².